The predicted octanol–water partition coefficient (Wildman–Crippen LogP) is 3.70. The summed E-state index contributed by atoms with van der Waals surface area (Å²) in [6.45, 7) is 1.43. The molecule has 0 aromatic rings. The Morgan fingerprint density at radius 2 is 2.00 bits per heavy atom. The van der Waals surface area contributed by atoms with Crippen LogP contribution in [0.4, 0.5) is 13.2 Å². The molecule has 1 spiro atoms. The van der Waals surface area contributed by atoms with Crippen LogP contribution in [0, 0.1) is 0 Å². The summed E-state index contributed by atoms with van der Waals surface area (Å²) < 4.78 is 49.4. The first-order valence-corrected chi connectivity index (χ1v) is 8.31. The Hall–Kier alpha value is 0.570. The molecule has 0 radical (unpaired) electrons. The largest absolute Gasteiger partial charge is 0.627 e. The Kier molecular flexibility index (Phi) is 4.03. The van der Waals surface area contributed by atoms with E-state index in [2.05, 4.69) is 0 Å². The molecule has 0 bridgehead atoms. The monoisotopic (exact) mass is 396 g/mol. The van der Waals surface area contributed by atoms with Gasteiger partial charge in [-0.15, -0.1) is 0 Å². The lowest BCUT2D eigenvalue weighted by molar-refractivity contribution is -0.224. The van der Waals surface area contributed by atoms with E-state index in [1.165, 1.54) is 6.92 Å². The molecule has 1 aliphatic heterocycles. The maximum absolute atomic E-state index is 13.1. The van der Waals surface area contributed by atoms with Crippen molar-refractivity contribution < 1.29 is 27.1 Å². The van der Waals surface area contributed by atoms with Crippen molar-refractivity contribution >= 4 is 30.5 Å². The molecule has 1 fully saturated rings. The van der Waals surface area contributed by atoms with Crippen molar-refractivity contribution in [3.05, 3.63) is 8.89 Å². The van der Waals surface area contributed by atoms with Gasteiger partial charge in [0.25, 0.3) is 7.94 Å². The fraction of sp³-hybridized carbons (Fsp3) is 0.800. The number of halogens is 4. The van der Waals surface area contributed by atoms with Gasteiger partial charge in [-0.1, -0.05) is 0 Å². The average molecular weight is 396 g/mol. The minimum absolute atomic E-state index is 0.0156. The number of alkyl halides is 3. The lowest BCUT2D eigenvalue weighted by Crippen LogP contribution is -2.27. The normalized spacial score (nSPS) is 31.7. The van der Waals surface area contributed by atoms with Crippen LogP contribution in [0.2, 0.25) is 0 Å². The van der Waals surface area contributed by atoms with Gasteiger partial charge in [0.05, 0.1) is 10.2 Å². The van der Waals surface area contributed by atoms with Crippen LogP contribution in [-0.2, 0) is 9.05 Å². The molecule has 1 heterocycles. The van der Waals surface area contributed by atoms with Crippen LogP contribution in [0.1, 0.15) is 32.6 Å². The fourth-order valence-corrected chi connectivity index (χ4v) is 6.57. The van der Waals surface area contributed by atoms with E-state index >= 15 is 0 Å². The summed E-state index contributed by atoms with van der Waals surface area (Å²) >= 11 is 1.62. The number of allylic oxidation sites excluding steroid dienone is 1. The van der Waals surface area contributed by atoms with E-state index in [0.29, 0.717) is 12.8 Å². The van der Waals surface area contributed by atoms with Gasteiger partial charge in [0.2, 0.25) is 5.31 Å². The van der Waals surface area contributed by atoms with Crippen LogP contribution in [0.15, 0.2) is 8.89 Å². The first-order valence-electron chi connectivity index (χ1n) is 5.68. The van der Waals surface area contributed by atoms with Gasteiger partial charge in [-0.2, -0.15) is 17.7 Å². The summed E-state index contributed by atoms with van der Waals surface area (Å²) in [5, 5.41) is -1.10. The number of rotatable bonds is 2. The van der Waals surface area contributed by atoms with Crippen LogP contribution in [0.5, 0.6) is 0 Å². The second-order valence-corrected chi connectivity index (χ2v) is 7.33. The van der Waals surface area contributed by atoms with Gasteiger partial charge in [-0.25, -0.2) is 4.52 Å². The van der Waals surface area contributed by atoms with Crippen molar-refractivity contribution in [3.8, 4) is 0 Å². The van der Waals surface area contributed by atoms with Crippen molar-refractivity contribution in [2.75, 3.05) is 6.61 Å². The minimum Gasteiger partial charge on any atom is -0.627 e. The van der Waals surface area contributed by atoms with Gasteiger partial charge in [0, 0.05) is 0 Å². The van der Waals surface area contributed by atoms with E-state index in [0.717, 1.165) is 12.8 Å². The summed E-state index contributed by atoms with van der Waals surface area (Å²) in [5.74, 6) is 0. The highest BCUT2D eigenvalue weighted by Gasteiger charge is 2.66. The minimum atomic E-state index is -4.67. The highest BCUT2D eigenvalue weighted by atomic mass is 127. The molecule has 0 saturated heterocycles. The molecular weight excluding hydrogens is 383 g/mol. The first-order chi connectivity index (χ1) is 8.25. The number of hydrogen-bond donors (Lipinski definition) is 0. The molecule has 18 heavy (non-hydrogen) atoms. The molecule has 1 atom stereocenters. The molecule has 2 aliphatic rings. The molecule has 0 N–H and O–H groups in total. The molecular formula is C10H13F3IO3P. The summed E-state index contributed by atoms with van der Waals surface area (Å²) in [5.41, 5.74) is -1.03. The average Bonchev–Trinajstić information content (AvgIpc) is 2.72. The van der Waals surface area contributed by atoms with Crippen molar-refractivity contribution in [1.82, 2.24) is 0 Å². The van der Waals surface area contributed by atoms with Crippen LogP contribution >= 0.6 is 30.5 Å². The molecule has 104 valence electrons. The third kappa shape index (κ3) is 2.32. The summed E-state index contributed by atoms with van der Waals surface area (Å²) in [6.07, 6.45) is -2.16. The zero-order chi connectivity index (χ0) is 13.6. The standard InChI is InChI=1S/C10H13F3IO3P/c1-2-16-18(15)8(10(11,12)13)7(14)9(17-18)5-3-4-6-9/h2-6H2,1H3. The van der Waals surface area contributed by atoms with Crippen molar-refractivity contribution in [1.29, 1.82) is 0 Å². The van der Waals surface area contributed by atoms with E-state index in [-0.39, 0.29) is 10.2 Å². The molecule has 1 aliphatic carbocycles. The zero-order valence-corrected chi connectivity index (χ0v) is 12.8. The van der Waals surface area contributed by atoms with Crippen LogP contribution in [-0.4, -0.2) is 18.4 Å². The quantitative estimate of drug-likeness (QED) is 0.528. The van der Waals surface area contributed by atoms with E-state index < -0.39 is 25.0 Å². The predicted molar refractivity (Wildman–Crippen MR) is 67.9 cm³/mol. The molecule has 0 amide bonds. The van der Waals surface area contributed by atoms with E-state index in [1.807, 2.05) is 0 Å². The van der Waals surface area contributed by atoms with Crippen molar-refractivity contribution in [2.45, 2.75) is 44.4 Å². The SMILES string of the molecule is CCO[P+]1([O-])OC2(CCCC2)C(I)=C1C(F)(F)F. The molecule has 3 nitrogen and oxygen atoms in total. The van der Waals surface area contributed by atoms with Gasteiger partial charge < -0.3 is 4.89 Å². The first kappa shape index (κ1) is 15.0. The van der Waals surface area contributed by atoms with Gasteiger partial charge in [0.15, 0.2) is 0 Å². The van der Waals surface area contributed by atoms with Crippen LogP contribution < -0.4 is 4.89 Å². The van der Waals surface area contributed by atoms with Crippen molar-refractivity contribution in [3.63, 3.8) is 0 Å². The second-order valence-electron chi connectivity index (χ2n) is 4.37. The Balaban J connectivity index is 2.47. The Morgan fingerprint density at radius 1 is 1.44 bits per heavy atom. The summed E-state index contributed by atoms with van der Waals surface area (Å²) in [4.78, 5) is 12.3. The molecule has 0 aromatic heterocycles. The Bertz CT molecular complexity index is 379. The molecule has 1 saturated carbocycles. The maximum Gasteiger partial charge on any atom is 0.455 e. The highest BCUT2D eigenvalue weighted by Crippen LogP contribution is 2.76. The van der Waals surface area contributed by atoms with Gasteiger partial charge in [-0.3, -0.25) is 0 Å². The zero-order valence-electron chi connectivity index (χ0n) is 9.72. The van der Waals surface area contributed by atoms with Gasteiger partial charge in [0.1, 0.15) is 5.60 Å². The van der Waals surface area contributed by atoms with Gasteiger partial charge in [-0.05, 0) is 55.2 Å². The lowest BCUT2D eigenvalue weighted by Gasteiger charge is -2.28. The maximum atomic E-state index is 13.1. The highest BCUT2D eigenvalue weighted by molar-refractivity contribution is 14.1. The topological polar surface area (TPSA) is 41.5 Å². The Morgan fingerprint density at radius 3 is 2.44 bits per heavy atom. The third-order valence-corrected chi connectivity index (χ3v) is 7.32. The Labute approximate surface area is 117 Å². The summed E-state index contributed by atoms with van der Waals surface area (Å²) in [7, 11) is -4.23. The number of hydrogen-bond acceptors (Lipinski definition) is 3. The van der Waals surface area contributed by atoms with Gasteiger partial charge >= 0.3 is 6.18 Å². The van der Waals surface area contributed by atoms with Crippen LogP contribution in [0.3, 0.4) is 0 Å². The second kappa shape index (κ2) is 4.84. The molecule has 1 unspecified atom stereocenters. The van der Waals surface area contributed by atoms with Crippen molar-refractivity contribution in [2.24, 2.45) is 0 Å². The van der Waals surface area contributed by atoms with E-state index in [1.54, 1.807) is 22.6 Å². The molecule has 0 aromatic carbocycles. The third-order valence-electron chi connectivity index (χ3n) is 3.16. The molecule has 8 heteroatoms. The smallest absolute Gasteiger partial charge is 0.455 e. The summed E-state index contributed by atoms with van der Waals surface area (Å²) in [6, 6.07) is 0. The van der Waals surface area contributed by atoms with E-state index in [4.69, 9.17) is 9.05 Å². The molecule has 2 rings (SSSR count). The fourth-order valence-electron chi connectivity index (χ4n) is 2.45. The lowest BCUT2D eigenvalue weighted by atomic mass is 10.0. The van der Waals surface area contributed by atoms with Crippen LogP contribution in [0.25, 0.3) is 0 Å². The van der Waals surface area contributed by atoms with E-state index in [9.17, 15) is 18.1 Å².